The fourth-order valence-corrected chi connectivity index (χ4v) is 2.03. The Kier molecular flexibility index (Phi) is 2.27. The van der Waals surface area contributed by atoms with Crippen molar-refractivity contribution in [2.24, 2.45) is 0 Å². The molecule has 0 saturated heterocycles. The molecule has 1 aliphatic carbocycles. The predicted molar refractivity (Wildman–Crippen MR) is 55.4 cm³/mol. The van der Waals surface area contributed by atoms with Crippen LogP contribution in [0.1, 0.15) is 32.6 Å². The summed E-state index contributed by atoms with van der Waals surface area (Å²) in [7, 11) is 0. The zero-order valence-corrected chi connectivity index (χ0v) is 8.34. The quantitative estimate of drug-likeness (QED) is 0.748. The molecule has 4 nitrogen and oxygen atoms in total. The van der Waals surface area contributed by atoms with Crippen LogP contribution >= 0.6 is 0 Å². The van der Waals surface area contributed by atoms with E-state index < -0.39 is 0 Å². The molecule has 1 heterocycles. The Morgan fingerprint density at radius 1 is 1.50 bits per heavy atom. The van der Waals surface area contributed by atoms with E-state index in [4.69, 9.17) is 0 Å². The van der Waals surface area contributed by atoms with E-state index >= 15 is 0 Å². The van der Waals surface area contributed by atoms with E-state index in [1.807, 2.05) is 0 Å². The van der Waals surface area contributed by atoms with Crippen molar-refractivity contribution in [1.29, 1.82) is 0 Å². The molecule has 1 aromatic heterocycles. The molecule has 4 heteroatoms. The van der Waals surface area contributed by atoms with E-state index in [2.05, 4.69) is 22.2 Å². The predicted octanol–water partition coefficient (Wildman–Crippen LogP) is 1.51. The summed E-state index contributed by atoms with van der Waals surface area (Å²) in [4.78, 5) is 17.6. The van der Waals surface area contributed by atoms with Crippen molar-refractivity contribution >= 4 is 5.82 Å². The summed E-state index contributed by atoms with van der Waals surface area (Å²) in [5.41, 5.74) is 0.0185. The molecule has 1 aromatic rings. The molecule has 0 unspecified atom stereocenters. The molecule has 0 atom stereocenters. The van der Waals surface area contributed by atoms with E-state index in [0.29, 0.717) is 5.82 Å². The molecule has 0 radical (unpaired) electrons. The monoisotopic (exact) mass is 193 g/mol. The Hall–Kier alpha value is -1.32. The van der Waals surface area contributed by atoms with Crippen molar-refractivity contribution in [3.8, 4) is 0 Å². The van der Waals surface area contributed by atoms with E-state index in [0.717, 1.165) is 12.8 Å². The number of H-pyrrole nitrogens is 1. The normalized spacial score (nSPS) is 19.5. The Labute approximate surface area is 82.8 Å². The number of aromatic amines is 1. The molecule has 0 bridgehead atoms. The Morgan fingerprint density at radius 2 is 2.21 bits per heavy atom. The van der Waals surface area contributed by atoms with Gasteiger partial charge in [-0.3, -0.25) is 4.79 Å². The zero-order valence-electron chi connectivity index (χ0n) is 8.34. The minimum absolute atomic E-state index is 0.107. The van der Waals surface area contributed by atoms with Crippen LogP contribution in [0, 0.1) is 0 Å². The molecule has 76 valence electrons. The average molecular weight is 193 g/mol. The first-order valence-corrected chi connectivity index (χ1v) is 5.01. The lowest BCUT2D eigenvalue weighted by atomic mass is 10.0. The van der Waals surface area contributed by atoms with Gasteiger partial charge < -0.3 is 10.3 Å². The number of anilines is 1. The van der Waals surface area contributed by atoms with E-state index in [9.17, 15) is 4.79 Å². The van der Waals surface area contributed by atoms with Crippen molar-refractivity contribution in [3.05, 3.63) is 22.7 Å². The fourth-order valence-electron chi connectivity index (χ4n) is 2.03. The molecule has 0 spiro atoms. The van der Waals surface area contributed by atoms with Crippen LogP contribution in [0.4, 0.5) is 5.82 Å². The van der Waals surface area contributed by atoms with E-state index in [-0.39, 0.29) is 11.1 Å². The summed E-state index contributed by atoms with van der Waals surface area (Å²) < 4.78 is 0. The first-order chi connectivity index (χ1) is 6.68. The van der Waals surface area contributed by atoms with Crippen molar-refractivity contribution in [2.75, 3.05) is 5.32 Å². The lowest BCUT2D eigenvalue weighted by molar-refractivity contribution is 0.530. The highest BCUT2D eigenvalue weighted by atomic mass is 16.1. The van der Waals surface area contributed by atoms with E-state index in [1.54, 1.807) is 0 Å². The standard InChI is InChI=1S/C10H15N3O/c1-10(4-2-3-5-10)13-8-6-9(14)12-7-11-8/h6-7H,2-5H2,1H3,(H2,11,12,13,14). The van der Waals surface area contributed by atoms with E-state index in [1.165, 1.54) is 25.2 Å². The Morgan fingerprint density at radius 3 is 2.86 bits per heavy atom. The van der Waals surface area contributed by atoms with Gasteiger partial charge in [0.1, 0.15) is 5.82 Å². The van der Waals surface area contributed by atoms with Gasteiger partial charge >= 0.3 is 0 Å². The van der Waals surface area contributed by atoms with Crippen molar-refractivity contribution in [3.63, 3.8) is 0 Å². The number of nitrogens with one attached hydrogen (secondary N) is 2. The maximum absolute atomic E-state index is 11.0. The molecular formula is C10H15N3O. The molecule has 1 aliphatic rings. The van der Waals surface area contributed by atoms with Crippen LogP contribution in [0.15, 0.2) is 17.2 Å². The second kappa shape index (κ2) is 3.44. The number of aromatic nitrogens is 2. The first-order valence-electron chi connectivity index (χ1n) is 5.01. The Bertz CT molecular complexity index is 366. The van der Waals surface area contributed by atoms with Gasteiger partial charge in [0.15, 0.2) is 0 Å². The van der Waals surface area contributed by atoms with Crippen LogP contribution in [-0.2, 0) is 0 Å². The smallest absolute Gasteiger partial charge is 0.252 e. The summed E-state index contributed by atoms with van der Waals surface area (Å²) in [5.74, 6) is 0.679. The van der Waals surface area contributed by atoms with Crippen LogP contribution in [0.25, 0.3) is 0 Å². The van der Waals surface area contributed by atoms with Crippen molar-refractivity contribution in [1.82, 2.24) is 9.97 Å². The van der Waals surface area contributed by atoms with Crippen LogP contribution in [-0.4, -0.2) is 15.5 Å². The summed E-state index contributed by atoms with van der Waals surface area (Å²) in [6.45, 7) is 2.18. The van der Waals surface area contributed by atoms with Gasteiger partial charge in [0.2, 0.25) is 0 Å². The Balaban J connectivity index is 2.14. The lowest BCUT2D eigenvalue weighted by Gasteiger charge is -2.25. The average Bonchev–Trinajstić information content (AvgIpc) is 2.51. The summed E-state index contributed by atoms with van der Waals surface area (Å²) >= 11 is 0. The summed E-state index contributed by atoms with van der Waals surface area (Å²) in [5, 5.41) is 3.33. The molecular weight excluding hydrogens is 178 g/mol. The molecule has 2 N–H and O–H groups in total. The van der Waals surface area contributed by atoms with Gasteiger partial charge in [-0.2, -0.15) is 0 Å². The molecule has 2 rings (SSSR count). The van der Waals surface area contributed by atoms with Crippen molar-refractivity contribution in [2.45, 2.75) is 38.1 Å². The number of hydrogen-bond acceptors (Lipinski definition) is 3. The fraction of sp³-hybridized carbons (Fsp3) is 0.600. The zero-order chi connectivity index (χ0) is 10.0. The second-order valence-electron chi connectivity index (χ2n) is 4.19. The molecule has 1 saturated carbocycles. The van der Waals surface area contributed by atoms with Gasteiger partial charge in [-0.15, -0.1) is 0 Å². The van der Waals surface area contributed by atoms with Crippen LogP contribution in [0.3, 0.4) is 0 Å². The SMILES string of the molecule is CC1(Nc2cc(=O)[nH]cn2)CCCC1. The topological polar surface area (TPSA) is 57.8 Å². The third-order valence-electron chi connectivity index (χ3n) is 2.82. The minimum atomic E-state index is -0.107. The number of rotatable bonds is 2. The van der Waals surface area contributed by atoms with Gasteiger partial charge in [0.05, 0.1) is 6.33 Å². The summed E-state index contributed by atoms with van der Waals surface area (Å²) in [6, 6.07) is 1.50. The molecule has 0 aromatic carbocycles. The summed E-state index contributed by atoms with van der Waals surface area (Å²) in [6.07, 6.45) is 6.26. The third-order valence-corrected chi connectivity index (χ3v) is 2.82. The van der Waals surface area contributed by atoms with Gasteiger partial charge in [-0.1, -0.05) is 12.8 Å². The van der Waals surface area contributed by atoms with Crippen molar-refractivity contribution < 1.29 is 0 Å². The molecule has 1 fully saturated rings. The van der Waals surface area contributed by atoms with Gasteiger partial charge in [0.25, 0.3) is 5.56 Å². The molecule has 0 aliphatic heterocycles. The van der Waals surface area contributed by atoms with Crippen LogP contribution in [0.2, 0.25) is 0 Å². The number of hydrogen-bond donors (Lipinski definition) is 2. The van der Waals surface area contributed by atoms with Crippen LogP contribution < -0.4 is 10.9 Å². The highest BCUT2D eigenvalue weighted by molar-refractivity contribution is 5.35. The largest absolute Gasteiger partial charge is 0.365 e. The highest BCUT2D eigenvalue weighted by Crippen LogP contribution is 2.31. The lowest BCUT2D eigenvalue weighted by Crippen LogP contribution is -2.31. The number of nitrogens with zero attached hydrogens (tertiary/aromatic N) is 1. The van der Waals surface area contributed by atoms with Gasteiger partial charge in [0, 0.05) is 11.6 Å². The molecule has 14 heavy (non-hydrogen) atoms. The third kappa shape index (κ3) is 1.95. The first kappa shape index (κ1) is 9.24. The maximum Gasteiger partial charge on any atom is 0.252 e. The second-order valence-corrected chi connectivity index (χ2v) is 4.19. The van der Waals surface area contributed by atoms with Gasteiger partial charge in [-0.25, -0.2) is 4.98 Å². The maximum atomic E-state index is 11.0. The van der Waals surface area contributed by atoms with Crippen LogP contribution in [0.5, 0.6) is 0 Å². The highest BCUT2D eigenvalue weighted by Gasteiger charge is 2.28. The van der Waals surface area contributed by atoms with Gasteiger partial charge in [-0.05, 0) is 19.8 Å². The molecule has 0 amide bonds. The minimum Gasteiger partial charge on any atom is -0.365 e.